The van der Waals surface area contributed by atoms with Gasteiger partial charge in [-0.05, 0) is 18.2 Å². The van der Waals surface area contributed by atoms with Crippen LogP contribution in [0.4, 0.5) is 5.82 Å². The van der Waals surface area contributed by atoms with E-state index < -0.39 is 23.7 Å². The number of amides is 2. The first-order chi connectivity index (χ1) is 12.0. The molecule has 0 atom stereocenters. The number of hydrogen-bond donors (Lipinski definition) is 2. The fraction of sp³-hybridized carbons (Fsp3) is 0.188. The highest BCUT2D eigenvalue weighted by molar-refractivity contribution is 9.10. The van der Waals surface area contributed by atoms with Crippen molar-refractivity contribution in [3.8, 4) is 5.69 Å². The van der Waals surface area contributed by atoms with Gasteiger partial charge in [0.25, 0.3) is 17.4 Å². The van der Waals surface area contributed by atoms with E-state index in [1.54, 1.807) is 12.1 Å². The summed E-state index contributed by atoms with van der Waals surface area (Å²) in [7, 11) is 0. The topological polar surface area (TPSA) is 113 Å². The average molecular weight is 406 g/mol. The molecule has 2 amide bonds. The standard InChI is InChI=1S/C16H12BrN3O5/c17-8-3-7(16-24-1-2-25-16)4-9(5-8)20-11(21)6-10-12(13(20)18)15(23)19-14(10)22/h3-6,16H,1-2,18H2,(H,19,22,23). The summed E-state index contributed by atoms with van der Waals surface area (Å²) in [5.41, 5.74) is 6.65. The molecule has 0 radical (unpaired) electrons. The van der Waals surface area contributed by atoms with E-state index in [1.165, 1.54) is 4.57 Å². The van der Waals surface area contributed by atoms with Crippen molar-refractivity contribution in [2.45, 2.75) is 6.29 Å². The molecule has 3 heterocycles. The first-order valence-corrected chi connectivity index (χ1v) is 8.20. The van der Waals surface area contributed by atoms with Crippen molar-refractivity contribution < 1.29 is 19.1 Å². The van der Waals surface area contributed by atoms with Crippen molar-refractivity contribution in [3.63, 3.8) is 0 Å². The SMILES string of the molecule is Nc1c2c(cc(=O)n1-c1cc(Br)cc(C3OCCO3)c1)C(=O)NC2=O. The molecule has 2 aliphatic rings. The van der Waals surface area contributed by atoms with Gasteiger partial charge >= 0.3 is 0 Å². The fourth-order valence-electron chi connectivity index (χ4n) is 2.96. The number of pyridine rings is 1. The maximum atomic E-state index is 12.5. The van der Waals surface area contributed by atoms with E-state index in [9.17, 15) is 14.4 Å². The summed E-state index contributed by atoms with van der Waals surface area (Å²) in [4.78, 5) is 36.2. The number of hydrogen-bond acceptors (Lipinski definition) is 6. The van der Waals surface area contributed by atoms with Gasteiger partial charge in [-0.1, -0.05) is 15.9 Å². The van der Waals surface area contributed by atoms with Gasteiger partial charge in [0.05, 0.1) is 30.0 Å². The fourth-order valence-corrected chi connectivity index (χ4v) is 3.46. The lowest BCUT2D eigenvalue weighted by atomic mass is 10.1. The van der Waals surface area contributed by atoms with Crippen LogP contribution in [-0.2, 0) is 9.47 Å². The van der Waals surface area contributed by atoms with Crippen LogP contribution in [0.1, 0.15) is 32.6 Å². The van der Waals surface area contributed by atoms with Crippen LogP contribution in [0.2, 0.25) is 0 Å². The average Bonchev–Trinajstić information content (AvgIpc) is 3.16. The smallest absolute Gasteiger partial charge is 0.262 e. The number of carbonyl (C=O) groups excluding carboxylic acids is 2. The first kappa shape index (κ1) is 16.0. The Morgan fingerprint density at radius 3 is 2.52 bits per heavy atom. The Bertz CT molecular complexity index is 978. The lowest BCUT2D eigenvalue weighted by Gasteiger charge is -2.15. The molecule has 1 aromatic heterocycles. The summed E-state index contributed by atoms with van der Waals surface area (Å²) in [5.74, 6) is -1.34. The van der Waals surface area contributed by atoms with Gasteiger partial charge in [0.1, 0.15) is 5.82 Å². The Morgan fingerprint density at radius 2 is 1.80 bits per heavy atom. The molecule has 0 unspecified atom stereocenters. The number of carbonyl (C=O) groups is 2. The maximum Gasteiger partial charge on any atom is 0.262 e. The van der Waals surface area contributed by atoms with Crippen molar-refractivity contribution in [2.75, 3.05) is 18.9 Å². The Morgan fingerprint density at radius 1 is 1.08 bits per heavy atom. The van der Waals surface area contributed by atoms with Gasteiger partial charge in [-0.3, -0.25) is 24.3 Å². The summed E-state index contributed by atoms with van der Waals surface area (Å²) in [6.45, 7) is 0.964. The molecule has 0 bridgehead atoms. The van der Waals surface area contributed by atoms with Crippen LogP contribution in [0.15, 0.2) is 33.5 Å². The van der Waals surface area contributed by atoms with Crippen LogP contribution in [0.25, 0.3) is 5.69 Å². The molecule has 3 N–H and O–H groups in total. The molecular formula is C16H12BrN3O5. The van der Waals surface area contributed by atoms with E-state index in [0.717, 1.165) is 6.07 Å². The zero-order valence-corrected chi connectivity index (χ0v) is 14.3. The normalized spacial score (nSPS) is 17.0. The van der Waals surface area contributed by atoms with E-state index in [1.807, 2.05) is 6.07 Å². The van der Waals surface area contributed by atoms with E-state index in [4.69, 9.17) is 15.2 Å². The van der Waals surface area contributed by atoms with Crippen molar-refractivity contribution in [2.24, 2.45) is 0 Å². The summed E-state index contributed by atoms with van der Waals surface area (Å²) in [6.07, 6.45) is -0.535. The second-order valence-corrected chi connectivity index (χ2v) is 6.51. The largest absolute Gasteiger partial charge is 0.384 e. The number of nitrogens with zero attached hydrogens (tertiary/aromatic N) is 1. The Kier molecular flexibility index (Phi) is 3.71. The van der Waals surface area contributed by atoms with Crippen molar-refractivity contribution in [1.82, 2.24) is 9.88 Å². The molecular weight excluding hydrogens is 394 g/mol. The molecule has 128 valence electrons. The molecule has 8 nitrogen and oxygen atoms in total. The Balaban J connectivity index is 1.91. The Hall–Kier alpha value is -2.49. The van der Waals surface area contributed by atoms with Crippen LogP contribution in [0, 0.1) is 0 Å². The van der Waals surface area contributed by atoms with Gasteiger partial charge in [0.15, 0.2) is 6.29 Å². The highest BCUT2D eigenvalue weighted by atomic mass is 79.9. The quantitative estimate of drug-likeness (QED) is 0.723. The molecule has 1 aromatic carbocycles. The molecule has 0 aliphatic carbocycles. The maximum absolute atomic E-state index is 12.5. The van der Waals surface area contributed by atoms with Crippen LogP contribution < -0.4 is 16.6 Å². The molecule has 1 fully saturated rings. The number of nitrogen functional groups attached to an aromatic ring is 1. The van der Waals surface area contributed by atoms with Crippen LogP contribution in [0.5, 0.6) is 0 Å². The van der Waals surface area contributed by atoms with Gasteiger partial charge in [0, 0.05) is 16.1 Å². The number of imide groups is 1. The van der Waals surface area contributed by atoms with Gasteiger partial charge < -0.3 is 15.2 Å². The van der Waals surface area contributed by atoms with E-state index >= 15 is 0 Å². The summed E-state index contributed by atoms with van der Waals surface area (Å²) >= 11 is 3.39. The lowest BCUT2D eigenvalue weighted by molar-refractivity contribution is -0.0441. The molecule has 0 spiro atoms. The predicted molar refractivity (Wildman–Crippen MR) is 90.6 cm³/mol. The van der Waals surface area contributed by atoms with E-state index in [2.05, 4.69) is 21.2 Å². The first-order valence-electron chi connectivity index (χ1n) is 7.41. The number of nitrogens with two attached hydrogens (primary N) is 1. The number of fused-ring (bicyclic) bond motifs is 1. The summed E-state index contributed by atoms with van der Waals surface area (Å²) < 4.78 is 12.8. The van der Waals surface area contributed by atoms with Crippen LogP contribution in [-0.4, -0.2) is 29.6 Å². The van der Waals surface area contributed by atoms with Gasteiger partial charge in [0.2, 0.25) is 0 Å². The second kappa shape index (κ2) is 5.80. The number of ether oxygens (including phenoxy) is 2. The van der Waals surface area contributed by atoms with E-state index in [0.29, 0.717) is 28.9 Å². The third-order valence-electron chi connectivity index (χ3n) is 4.01. The third-order valence-corrected chi connectivity index (χ3v) is 4.47. The number of halogens is 1. The van der Waals surface area contributed by atoms with E-state index in [-0.39, 0.29) is 16.9 Å². The van der Waals surface area contributed by atoms with Crippen molar-refractivity contribution in [1.29, 1.82) is 0 Å². The molecule has 2 aliphatic heterocycles. The van der Waals surface area contributed by atoms with Gasteiger partial charge in [-0.25, -0.2) is 0 Å². The second-order valence-electron chi connectivity index (χ2n) is 5.59. The zero-order valence-electron chi connectivity index (χ0n) is 12.7. The third kappa shape index (κ3) is 2.56. The summed E-state index contributed by atoms with van der Waals surface area (Å²) in [5, 5.41) is 2.14. The van der Waals surface area contributed by atoms with Crippen LogP contribution >= 0.6 is 15.9 Å². The number of anilines is 1. The molecule has 2 aromatic rings. The van der Waals surface area contributed by atoms with Crippen LogP contribution in [0.3, 0.4) is 0 Å². The van der Waals surface area contributed by atoms with Gasteiger partial charge in [-0.15, -0.1) is 0 Å². The minimum Gasteiger partial charge on any atom is -0.384 e. The monoisotopic (exact) mass is 405 g/mol. The number of benzene rings is 1. The van der Waals surface area contributed by atoms with Gasteiger partial charge in [-0.2, -0.15) is 0 Å². The Labute approximate surface area is 149 Å². The zero-order chi connectivity index (χ0) is 17.7. The highest BCUT2D eigenvalue weighted by Gasteiger charge is 2.32. The van der Waals surface area contributed by atoms with Crippen molar-refractivity contribution in [3.05, 3.63) is 55.8 Å². The molecule has 0 saturated carbocycles. The van der Waals surface area contributed by atoms with Crippen molar-refractivity contribution >= 4 is 33.6 Å². The molecule has 1 saturated heterocycles. The minimum atomic E-state index is -0.626. The number of aromatic nitrogens is 1. The predicted octanol–water partition coefficient (Wildman–Crippen LogP) is 1.11. The number of nitrogens with one attached hydrogen (secondary N) is 1. The number of rotatable bonds is 2. The molecule has 4 rings (SSSR count). The molecule has 25 heavy (non-hydrogen) atoms. The summed E-state index contributed by atoms with van der Waals surface area (Å²) in [6, 6.07) is 6.29. The molecule has 9 heteroatoms. The lowest BCUT2D eigenvalue weighted by Crippen LogP contribution is -2.24. The minimum absolute atomic E-state index is 0.000470. The highest BCUT2D eigenvalue weighted by Crippen LogP contribution is 2.30.